The summed E-state index contributed by atoms with van der Waals surface area (Å²) >= 11 is 1.29. The molecule has 1 aromatic rings. The number of amides is 1. The van der Waals surface area contributed by atoms with Crippen molar-refractivity contribution in [2.45, 2.75) is 25.7 Å². The third kappa shape index (κ3) is 3.12. The van der Waals surface area contributed by atoms with Gasteiger partial charge in [0.15, 0.2) is 5.13 Å². The summed E-state index contributed by atoms with van der Waals surface area (Å²) in [7, 11) is 0. The molecule has 0 spiro atoms. The Morgan fingerprint density at radius 3 is 2.85 bits per heavy atom. The van der Waals surface area contributed by atoms with Gasteiger partial charge in [-0.05, 0) is 44.7 Å². The highest BCUT2D eigenvalue weighted by molar-refractivity contribution is 7.17. The molecular weight excluding hydrogens is 272 g/mol. The average Bonchev–Trinajstić information content (AvgIpc) is 3.10. The van der Waals surface area contributed by atoms with Crippen LogP contribution in [0, 0.1) is 5.92 Å². The van der Waals surface area contributed by atoms with Crippen LogP contribution in [0.4, 0.5) is 5.13 Å². The Kier molecular flexibility index (Phi) is 4.21. The Morgan fingerprint density at radius 1 is 1.35 bits per heavy atom. The standard InChI is InChI=1S/C14H22N4OS/c15-14-16-8-12(20-14)13(19)18-7-3-4-11(10-18)9-17-5-1-2-6-17/h8,11H,1-7,9-10H2,(H2,15,16)/t11-/m0/s1. The van der Waals surface area contributed by atoms with Crippen LogP contribution < -0.4 is 5.73 Å². The third-order valence-electron chi connectivity index (χ3n) is 4.26. The summed E-state index contributed by atoms with van der Waals surface area (Å²) < 4.78 is 0. The minimum Gasteiger partial charge on any atom is -0.375 e. The van der Waals surface area contributed by atoms with Gasteiger partial charge in [-0.2, -0.15) is 0 Å². The van der Waals surface area contributed by atoms with E-state index in [9.17, 15) is 4.79 Å². The maximum Gasteiger partial charge on any atom is 0.265 e. The molecule has 2 saturated heterocycles. The van der Waals surface area contributed by atoms with E-state index in [0.29, 0.717) is 15.9 Å². The van der Waals surface area contributed by atoms with Crippen molar-refractivity contribution in [3.05, 3.63) is 11.1 Å². The van der Waals surface area contributed by atoms with Crippen molar-refractivity contribution in [2.75, 3.05) is 38.5 Å². The molecule has 0 aromatic carbocycles. The summed E-state index contributed by atoms with van der Waals surface area (Å²) in [6.45, 7) is 5.36. The zero-order valence-corrected chi connectivity index (χ0v) is 12.6. The molecule has 1 amide bonds. The van der Waals surface area contributed by atoms with Crippen LogP contribution in [-0.4, -0.2) is 53.4 Å². The molecule has 2 fully saturated rings. The lowest BCUT2D eigenvalue weighted by Crippen LogP contribution is -2.43. The van der Waals surface area contributed by atoms with Gasteiger partial charge < -0.3 is 15.5 Å². The lowest BCUT2D eigenvalue weighted by Gasteiger charge is -2.34. The Hall–Kier alpha value is -1.14. The van der Waals surface area contributed by atoms with Crippen molar-refractivity contribution in [2.24, 2.45) is 5.92 Å². The second-order valence-electron chi connectivity index (χ2n) is 5.83. The molecule has 3 rings (SSSR count). The number of piperidine rings is 1. The van der Waals surface area contributed by atoms with E-state index < -0.39 is 0 Å². The van der Waals surface area contributed by atoms with Gasteiger partial charge in [0.1, 0.15) is 4.88 Å². The molecule has 5 nitrogen and oxygen atoms in total. The minimum absolute atomic E-state index is 0.102. The van der Waals surface area contributed by atoms with Gasteiger partial charge in [-0.3, -0.25) is 4.79 Å². The number of nitrogens with zero attached hydrogens (tertiary/aromatic N) is 3. The number of anilines is 1. The highest BCUT2D eigenvalue weighted by Crippen LogP contribution is 2.23. The molecular formula is C14H22N4OS. The minimum atomic E-state index is 0.102. The first-order valence-electron chi connectivity index (χ1n) is 7.45. The van der Waals surface area contributed by atoms with Crippen molar-refractivity contribution in [1.82, 2.24) is 14.8 Å². The number of carbonyl (C=O) groups is 1. The van der Waals surface area contributed by atoms with E-state index in [1.165, 1.54) is 43.7 Å². The summed E-state index contributed by atoms with van der Waals surface area (Å²) in [5.41, 5.74) is 5.61. The second kappa shape index (κ2) is 6.10. The summed E-state index contributed by atoms with van der Waals surface area (Å²) in [6, 6.07) is 0. The monoisotopic (exact) mass is 294 g/mol. The number of carbonyl (C=O) groups excluding carboxylic acids is 1. The van der Waals surface area contributed by atoms with Crippen LogP contribution in [0.3, 0.4) is 0 Å². The first-order chi connectivity index (χ1) is 9.72. The van der Waals surface area contributed by atoms with E-state index in [2.05, 4.69) is 9.88 Å². The lowest BCUT2D eigenvalue weighted by atomic mass is 9.97. The van der Waals surface area contributed by atoms with Gasteiger partial charge in [-0.15, -0.1) is 0 Å². The zero-order chi connectivity index (χ0) is 13.9. The topological polar surface area (TPSA) is 62.5 Å². The molecule has 2 aliphatic heterocycles. The number of hydrogen-bond acceptors (Lipinski definition) is 5. The zero-order valence-electron chi connectivity index (χ0n) is 11.8. The summed E-state index contributed by atoms with van der Waals surface area (Å²) in [6.07, 6.45) is 6.61. The average molecular weight is 294 g/mol. The number of rotatable bonds is 3. The summed E-state index contributed by atoms with van der Waals surface area (Å²) in [5, 5.41) is 0.471. The first-order valence-corrected chi connectivity index (χ1v) is 8.27. The quantitative estimate of drug-likeness (QED) is 0.921. The molecule has 0 radical (unpaired) electrons. The molecule has 0 saturated carbocycles. The van der Waals surface area contributed by atoms with Crippen LogP contribution in [0.2, 0.25) is 0 Å². The molecule has 0 unspecified atom stereocenters. The number of aromatic nitrogens is 1. The van der Waals surface area contributed by atoms with Gasteiger partial charge in [0.25, 0.3) is 5.91 Å². The van der Waals surface area contributed by atoms with Crippen LogP contribution >= 0.6 is 11.3 Å². The fraction of sp³-hybridized carbons (Fsp3) is 0.714. The Labute approximate surface area is 123 Å². The van der Waals surface area contributed by atoms with Crippen LogP contribution in [0.1, 0.15) is 35.4 Å². The van der Waals surface area contributed by atoms with E-state index >= 15 is 0 Å². The molecule has 1 atom stereocenters. The first kappa shape index (κ1) is 13.8. The highest BCUT2D eigenvalue weighted by Gasteiger charge is 2.27. The fourth-order valence-corrected chi connectivity index (χ4v) is 3.92. The van der Waals surface area contributed by atoms with Crippen LogP contribution in [0.15, 0.2) is 6.20 Å². The number of nitrogens with two attached hydrogens (primary N) is 1. The van der Waals surface area contributed by atoms with Crippen LogP contribution in [-0.2, 0) is 0 Å². The highest BCUT2D eigenvalue weighted by atomic mass is 32.1. The van der Waals surface area contributed by atoms with Gasteiger partial charge in [0, 0.05) is 19.6 Å². The van der Waals surface area contributed by atoms with E-state index in [1.807, 2.05) is 4.90 Å². The van der Waals surface area contributed by atoms with Crippen molar-refractivity contribution < 1.29 is 4.79 Å². The SMILES string of the molecule is Nc1ncc(C(=O)N2CCC[C@@H](CN3CCCC3)C2)s1. The Morgan fingerprint density at radius 2 is 2.15 bits per heavy atom. The largest absolute Gasteiger partial charge is 0.375 e. The fourth-order valence-electron chi connectivity index (χ4n) is 3.27. The molecule has 110 valence electrons. The van der Waals surface area contributed by atoms with E-state index in [-0.39, 0.29) is 5.91 Å². The van der Waals surface area contributed by atoms with Crippen molar-refractivity contribution in [3.8, 4) is 0 Å². The van der Waals surface area contributed by atoms with Gasteiger partial charge in [0.2, 0.25) is 0 Å². The van der Waals surface area contributed by atoms with Gasteiger partial charge in [0.05, 0.1) is 6.20 Å². The molecule has 0 aliphatic carbocycles. The lowest BCUT2D eigenvalue weighted by molar-refractivity contribution is 0.0653. The maximum absolute atomic E-state index is 12.4. The molecule has 20 heavy (non-hydrogen) atoms. The van der Waals surface area contributed by atoms with Crippen molar-refractivity contribution >= 4 is 22.4 Å². The maximum atomic E-state index is 12.4. The second-order valence-corrected chi connectivity index (χ2v) is 6.89. The van der Waals surface area contributed by atoms with Crippen molar-refractivity contribution in [1.29, 1.82) is 0 Å². The van der Waals surface area contributed by atoms with Crippen LogP contribution in [0.25, 0.3) is 0 Å². The third-order valence-corrected chi connectivity index (χ3v) is 5.07. The molecule has 2 N–H and O–H groups in total. The molecule has 3 heterocycles. The van der Waals surface area contributed by atoms with E-state index in [0.717, 1.165) is 26.1 Å². The van der Waals surface area contributed by atoms with Gasteiger partial charge >= 0.3 is 0 Å². The Balaban J connectivity index is 1.58. The van der Waals surface area contributed by atoms with Crippen LogP contribution in [0.5, 0.6) is 0 Å². The molecule has 0 bridgehead atoms. The Bertz CT molecular complexity index is 469. The number of nitrogen functional groups attached to an aromatic ring is 1. The number of likely N-dealkylation sites (tertiary alicyclic amines) is 2. The smallest absolute Gasteiger partial charge is 0.265 e. The normalized spacial score (nSPS) is 24.2. The summed E-state index contributed by atoms with van der Waals surface area (Å²) in [5.74, 6) is 0.724. The van der Waals surface area contributed by atoms with E-state index in [4.69, 9.17) is 5.73 Å². The van der Waals surface area contributed by atoms with Gasteiger partial charge in [-0.1, -0.05) is 11.3 Å². The predicted octanol–water partition coefficient (Wildman–Crippen LogP) is 1.67. The molecule has 2 aliphatic rings. The number of thiazole rings is 1. The predicted molar refractivity (Wildman–Crippen MR) is 80.8 cm³/mol. The van der Waals surface area contributed by atoms with E-state index in [1.54, 1.807) is 6.20 Å². The van der Waals surface area contributed by atoms with Crippen molar-refractivity contribution in [3.63, 3.8) is 0 Å². The number of hydrogen-bond donors (Lipinski definition) is 1. The molecule has 6 heteroatoms. The summed E-state index contributed by atoms with van der Waals surface area (Å²) in [4.78, 5) is 21.6. The molecule has 1 aromatic heterocycles. The van der Waals surface area contributed by atoms with Gasteiger partial charge in [-0.25, -0.2) is 4.98 Å².